The standard InChI is InChI=1S/C30H33N7O8/c1-2-19(30(44)45)4-3-5-24(38)31-16-25(39)32-17-26(40)33-20-6-10-22(11-7-20)35-36-23-12-8-21(9-13-23)34-27(41)18-37-28(42)14-15-29(37)43/h6-15,19H,2-5,16-18H2,1H3,(H,31,38)(H,32,39)(H,33,40)(H,34,41)(H,44,45)/b36-35+/t19-/m0/s1. The number of hydrogen-bond donors (Lipinski definition) is 5. The molecule has 0 fully saturated rings. The Morgan fingerprint density at radius 2 is 1.22 bits per heavy atom. The van der Waals surface area contributed by atoms with Crippen LogP contribution in [0.4, 0.5) is 22.7 Å². The number of carboxylic acids is 1. The van der Waals surface area contributed by atoms with Gasteiger partial charge in [-0.2, -0.15) is 10.2 Å². The molecule has 236 valence electrons. The van der Waals surface area contributed by atoms with E-state index < -0.39 is 48.0 Å². The van der Waals surface area contributed by atoms with Gasteiger partial charge in [-0.25, -0.2) is 0 Å². The van der Waals surface area contributed by atoms with Gasteiger partial charge in [0.05, 0.1) is 30.4 Å². The maximum Gasteiger partial charge on any atom is 0.306 e. The maximum atomic E-state index is 12.2. The number of carbonyl (C=O) groups is 7. The average molecular weight is 620 g/mol. The largest absolute Gasteiger partial charge is 0.481 e. The Morgan fingerprint density at radius 3 is 1.73 bits per heavy atom. The molecule has 0 saturated carbocycles. The van der Waals surface area contributed by atoms with Crippen LogP contribution < -0.4 is 21.3 Å². The summed E-state index contributed by atoms with van der Waals surface area (Å²) in [6.45, 7) is 0.761. The molecule has 5 N–H and O–H groups in total. The Morgan fingerprint density at radius 1 is 0.733 bits per heavy atom. The zero-order chi connectivity index (χ0) is 32.8. The minimum atomic E-state index is -0.893. The molecule has 15 nitrogen and oxygen atoms in total. The highest BCUT2D eigenvalue weighted by Crippen LogP contribution is 2.22. The molecule has 1 heterocycles. The summed E-state index contributed by atoms with van der Waals surface area (Å²) >= 11 is 0. The molecule has 15 heteroatoms. The van der Waals surface area contributed by atoms with Gasteiger partial charge in [0.25, 0.3) is 11.8 Å². The first-order chi connectivity index (χ1) is 21.5. The Balaban J connectivity index is 1.34. The quantitative estimate of drug-likeness (QED) is 0.139. The van der Waals surface area contributed by atoms with Crippen molar-refractivity contribution in [3.63, 3.8) is 0 Å². The predicted molar refractivity (Wildman–Crippen MR) is 161 cm³/mol. The average Bonchev–Trinajstić information content (AvgIpc) is 3.33. The third-order valence-electron chi connectivity index (χ3n) is 6.48. The van der Waals surface area contributed by atoms with E-state index in [-0.39, 0.29) is 25.4 Å². The molecule has 45 heavy (non-hydrogen) atoms. The van der Waals surface area contributed by atoms with Crippen LogP contribution >= 0.6 is 0 Å². The second kappa shape index (κ2) is 16.8. The number of benzene rings is 2. The van der Waals surface area contributed by atoms with Gasteiger partial charge in [0.2, 0.25) is 23.6 Å². The molecular weight excluding hydrogens is 586 g/mol. The van der Waals surface area contributed by atoms with Crippen molar-refractivity contribution in [2.75, 3.05) is 30.3 Å². The molecule has 3 rings (SSSR count). The molecule has 0 aliphatic carbocycles. The third-order valence-corrected chi connectivity index (χ3v) is 6.48. The van der Waals surface area contributed by atoms with Crippen LogP contribution in [-0.4, -0.2) is 71.1 Å². The predicted octanol–water partition coefficient (Wildman–Crippen LogP) is 2.42. The summed E-state index contributed by atoms with van der Waals surface area (Å²) in [7, 11) is 0. The molecule has 1 atom stereocenters. The molecule has 0 radical (unpaired) electrons. The number of nitrogens with zero attached hydrogens (tertiary/aromatic N) is 3. The van der Waals surface area contributed by atoms with Gasteiger partial charge < -0.3 is 26.4 Å². The number of hydrogen-bond acceptors (Lipinski definition) is 9. The van der Waals surface area contributed by atoms with E-state index >= 15 is 0 Å². The number of nitrogens with one attached hydrogen (secondary N) is 4. The summed E-state index contributed by atoms with van der Waals surface area (Å²) in [5, 5.41) is 27.4. The van der Waals surface area contributed by atoms with Crippen molar-refractivity contribution < 1.29 is 38.7 Å². The number of amides is 6. The van der Waals surface area contributed by atoms with Crippen LogP contribution in [0.2, 0.25) is 0 Å². The fourth-order valence-corrected chi connectivity index (χ4v) is 3.99. The molecule has 0 bridgehead atoms. The lowest BCUT2D eigenvalue weighted by Crippen LogP contribution is -2.40. The number of carbonyl (C=O) groups excluding carboxylic acids is 6. The molecule has 0 aromatic heterocycles. The monoisotopic (exact) mass is 619 g/mol. The Kier molecular flexibility index (Phi) is 12.6. The van der Waals surface area contributed by atoms with Crippen LogP contribution in [0.5, 0.6) is 0 Å². The number of anilines is 2. The summed E-state index contributed by atoms with van der Waals surface area (Å²) in [5.41, 5.74) is 1.90. The van der Waals surface area contributed by atoms with Gasteiger partial charge in [0.15, 0.2) is 0 Å². The second-order valence-electron chi connectivity index (χ2n) is 9.88. The van der Waals surface area contributed by atoms with Gasteiger partial charge in [-0.3, -0.25) is 38.5 Å². The summed E-state index contributed by atoms with van der Waals surface area (Å²) in [6.07, 6.45) is 3.56. The maximum absolute atomic E-state index is 12.2. The van der Waals surface area contributed by atoms with Crippen molar-refractivity contribution in [1.29, 1.82) is 0 Å². The van der Waals surface area contributed by atoms with E-state index in [1.165, 1.54) is 0 Å². The first kappa shape index (κ1) is 33.8. The highest BCUT2D eigenvalue weighted by atomic mass is 16.4. The number of rotatable bonds is 16. The zero-order valence-corrected chi connectivity index (χ0v) is 24.4. The van der Waals surface area contributed by atoms with E-state index in [1.807, 2.05) is 0 Å². The molecule has 0 saturated heterocycles. The highest BCUT2D eigenvalue weighted by molar-refractivity contribution is 6.15. The van der Waals surface area contributed by atoms with Crippen molar-refractivity contribution >= 4 is 64.2 Å². The van der Waals surface area contributed by atoms with E-state index in [1.54, 1.807) is 55.5 Å². The van der Waals surface area contributed by atoms with Crippen LogP contribution in [-0.2, 0) is 33.6 Å². The van der Waals surface area contributed by atoms with Crippen molar-refractivity contribution in [2.24, 2.45) is 16.1 Å². The third kappa shape index (κ3) is 11.5. The SMILES string of the molecule is CC[C@@H](CCCC(=O)NCC(=O)NCC(=O)Nc1ccc(/N=N/c2ccc(NC(=O)CN3C(=O)C=CC3=O)cc2)cc1)C(=O)O. The van der Waals surface area contributed by atoms with Gasteiger partial charge in [-0.1, -0.05) is 6.92 Å². The van der Waals surface area contributed by atoms with Crippen molar-refractivity contribution in [1.82, 2.24) is 15.5 Å². The molecule has 2 aromatic rings. The van der Waals surface area contributed by atoms with E-state index in [0.717, 1.165) is 17.1 Å². The Hall–Kier alpha value is -5.73. The first-order valence-electron chi connectivity index (χ1n) is 14.1. The van der Waals surface area contributed by atoms with Crippen LogP contribution in [0.3, 0.4) is 0 Å². The number of imide groups is 1. The molecule has 1 aliphatic rings. The first-order valence-corrected chi connectivity index (χ1v) is 14.1. The van der Waals surface area contributed by atoms with Gasteiger partial charge in [0.1, 0.15) is 6.54 Å². The van der Waals surface area contributed by atoms with Crippen LogP contribution in [0.1, 0.15) is 32.6 Å². The summed E-state index contributed by atoms with van der Waals surface area (Å²) < 4.78 is 0. The zero-order valence-electron chi connectivity index (χ0n) is 24.4. The van der Waals surface area contributed by atoms with Crippen molar-refractivity contribution in [3.05, 3.63) is 60.7 Å². The molecule has 1 aliphatic heterocycles. The van der Waals surface area contributed by atoms with Gasteiger partial charge in [-0.05, 0) is 67.8 Å². The number of azo groups is 1. The van der Waals surface area contributed by atoms with Gasteiger partial charge in [-0.15, -0.1) is 0 Å². The lowest BCUT2D eigenvalue weighted by atomic mass is 9.99. The molecule has 6 amide bonds. The van der Waals surface area contributed by atoms with E-state index in [0.29, 0.717) is 42.0 Å². The summed E-state index contributed by atoms with van der Waals surface area (Å²) in [4.78, 5) is 83.1. The molecular formula is C30H33N7O8. The molecule has 2 aromatic carbocycles. The number of carboxylic acid groups (broad SMARTS) is 1. The Labute approximate surface area is 258 Å². The fraction of sp³-hybridized carbons (Fsp3) is 0.300. The summed E-state index contributed by atoms with van der Waals surface area (Å²) in [6, 6.07) is 12.9. The minimum absolute atomic E-state index is 0.103. The van der Waals surface area contributed by atoms with E-state index in [9.17, 15) is 33.6 Å². The highest BCUT2D eigenvalue weighted by Gasteiger charge is 2.25. The fourth-order valence-electron chi connectivity index (χ4n) is 3.99. The summed E-state index contributed by atoms with van der Waals surface area (Å²) in [5.74, 6) is -4.41. The normalized spacial score (nSPS) is 13.0. The Bertz CT molecular complexity index is 1470. The van der Waals surface area contributed by atoms with Gasteiger partial charge >= 0.3 is 5.97 Å². The van der Waals surface area contributed by atoms with E-state index in [4.69, 9.17) is 5.11 Å². The lowest BCUT2D eigenvalue weighted by Gasteiger charge is -2.13. The smallest absolute Gasteiger partial charge is 0.306 e. The van der Waals surface area contributed by atoms with Crippen LogP contribution in [0.15, 0.2) is 70.9 Å². The van der Waals surface area contributed by atoms with Crippen molar-refractivity contribution in [3.8, 4) is 0 Å². The minimum Gasteiger partial charge on any atom is -0.481 e. The van der Waals surface area contributed by atoms with Crippen molar-refractivity contribution in [2.45, 2.75) is 32.6 Å². The molecule has 0 unspecified atom stereocenters. The topological polar surface area (TPSA) is 216 Å². The van der Waals surface area contributed by atoms with Crippen LogP contribution in [0, 0.1) is 5.92 Å². The molecule has 0 spiro atoms. The second-order valence-corrected chi connectivity index (χ2v) is 9.88. The van der Waals surface area contributed by atoms with Gasteiger partial charge in [0, 0.05) is 29.9 Å². The lowest BCUT2D eigenvalue weighted by molar-refractivity contribution is -0.142. The number of aliphatic carboxylic acids is 1. The van der Waals surface area contributed by atoms with Crippen LogP contribution in [0.25, 0.3) is 0 Å². The van der Waals surface area contributed by atoms with E-state index in [2.05, 4.69) is 31.5 Å².